The third-order valence-corrected chi connectivity index (χ3v) is 2.98. The van der Waals surface area contributed by atoms with Crippen LogP contribution in [0.3, 0.4) is 0 Å². The number of aromatic nitrogens is 1. The summed E-state index contributed by atoms with van der Waals surface area (Å²) < 4.78 is 0. The molecule has 1 heterocycles. The van der Waals surface area contributed by atoms with Crippen molar-refractivity contribution < 1.29 is 0 Å². The molecule has 3 N–H and O–H groups in total. The Bertz CT molecular complexity index is 311. The molecule has 1 aromatic rings. The molecule has 0 aliphatic heterocycles. The molecule has 0 aromatic carbocycles. The van der Waals surface area contributed by atoms with Gasteiger partial charge in [0.2, 0.25) is 0 Å². The van der Waals surface area contributed by atoms with E-state index in [1.165, 1.54) is 17.7 Å². The summed E-state index contributed by atoms with van der Waals surface area (Å²) in [6.45, 7) is 1.85. The predicted molar refractivity (Wildman–Crippen MR) is 61.6 cm³/mol. The van der Waals surface area contributed by atoms with Crippen molar-refractivity contribution >= 4 is 0 Å². The van der Waals surface area contributed by atoms with Gasteiger partial charge in [0.05, 0.1) is 11.7 Å². The van der Waals surface area contributed by atoms with E-state index < -0.39 is 0 Å². The Labute approximate surface area is 91.1 Å². The van der Waals surface area contributed by atoms with E-state index in [0.717, 1.165) is 32.4 Å². The fourth-order valence-corrected chi connectivity index (χ4v) is 2.16. The maximum Gasteiger partial charge on any atom is 0.0605 e. The van der Waals surface area contributed by atoms with E-state index in [9.17, 15) is 0 Å². The minimum absolute atomic E-state index is 0.471. The number of nitrogens with zero attached hydrogens (tertiary/aromatic N) is 1. The highest BCUT2D eigenvalue weighted by atomic mass is 14.9. The van der Waals surface area contributed by atoms with Gasteiger partial charge in [-0.2, -0.15) is 0 Å². The summed E-state index contributed by atoms with van der Waals surface area (Å²) in [5.74, 6) is 0. The van der Waals surface area contributed by atoms with Crippen LogP contribution >= 0.6 is 0 Å². The van der Waals surface area contributed by atoms with Gasteiger partial charge >= 0.3 is 0 Å². The summed E-state index contributed by atoms with van der Waals surface area (Å²) in [4.78, 5) is 4.45. The number of unbranched alkanes of at least 4 members (excludes halogenated alkanes) is 1. The lowest BCUT2D eigenvalue weighted by Crippen LogP contribution is -2.21. The largest absolute Gasteiger partial charge is 0.330 e. The molecule has 0 amide bonds. The summed E-state index contributed by atoms with van der Waals surface area (Å²) >= 11 is 0. The molecule has 3 heteroatoms. The Morgan fingerprint density at radius 1 is 1.47 bits per heavy atom. The second kappa shape index (κ2) is 5.24. The standard InChI is InChI=1S/C12H19N3/c13-7-1-2-8-14-11-6-5-10-4-3-9-15-12(10)11/h3-4,9,11,14H,1-2,5-8,13H2. The van der Waals surface area contributed by atoms with Crippen LogP contribution < -0.4 is 11.1 Å². The van der Waals surface area contributed by atoms with Crippen molar-refractivity contribution in [2.45, 2.75) is 31.7 Å². The van der Waals surface area contributed by atoms with Gasteiger partial charge in [0, 0.05) is 6.20 Å². The summed E-state index contributed by atoms with van der Waals surface area (Å²) in [5, 5.41) is 3.55. The van der Waals surface area contributed by atoms with E-state index >= 15 is 0 Å². The second-order valence-electron chi connectivity index (χ2n) is 4.09. The first-order chi connectivity index (χ1) is 7.42. The average molecular weight is 205 g/mol. The van der Waals surface area contributed by atoms with Crippen molar-refractivity contribution in [1.82, 2.24) is 10.3 Å². The molecule has 0 bridgehead atoms. The SMILES string of the molecule is NCCCCNC1CCc2cccnc21. The molecule has 0 saturated heterocycles. The van der Waals surface area contributed by atoms with Gasteiger partial charge in [-0.1, -0.05) is 6.07 Å². The highest BCUT2D eigenvalue weighted by Gasteiger charge is 2.22. The number of nitrogens with one attached hydrogen (secondary N) is 1. The monoisotopic (exact) mass is 205 g/mol. The van der Waals surface area contributed by atoms with Crippen molar-refractivity contribution in [3.63, 3.8) is 0 Å². The number of rotatable bonds is 5. The molecular formula is C12H19N3. The van der Waals surface area contributed by atoms with E-state index in [-0.39, 0.29) is 0 Å². The second-order valence-corrected chi connectivity index (χ2v) is 4.09. The first kappa shape index (κ1) is 10.6. The predicted octanol–water partition coefficient (Wildman–Crippen LogP) is 1.40. The smallest absolute Gasteiger partial charge is 0.0605 e. The first-order valence-electron chi connectivity index (χ1n) is 5.79. The van der Waals surface area contributed by atoms with Crippen LogP contribution in [0.1, 0.15) is 36.6 Å². The van der Waals surface area contributed by atoms with Gasteiger partial charge in [0.15, 0.2) is 0 Å². The number of fused-ring (bicyclic) bond motifs is 1. The fourth-order valence-electron chi connectivity index (χ4n) is 2.16. The molecule has 0 radical (unpaired) electrons. The van der Waals surface area contributed by atoms with E-state index in [1.54, 1.807) is 0 Å². The number of hydrogen-bond acceptors (Lipinski definition) is 3. The van der Waals surface area contributed by atoms with Gasteiger partial charge in [-0.25, -0.2) is 0 Å². The fraction of sp³-hybridized carbons (Fsp3) is 0.583. The third kappa shape index (κ3) is 2.55. The summed E-state index contributed by atoms with van der Waals surface area (Å²) in [7, 11) is 0. The van der Waals surface area contributed by atoms with Gasteiger partial charge in [-0.15, -0.1) is 0 Å². The molecule has 1 aliphatic rings. The summed E-state index contributed by atoms with van der Waals surface area (Å²) in [5.41, 5.74) is 8.12. The lowest BCUT2D eigenvalue weighted by atomic mass is 10.2. The molecule has 82 valence electrons. The van der Waals surface area contributed by atoms with E-state index in [2.05, 4.69) is 16.4 Å². The van der Waals surface area contributed by atoms with Gasteiger partial charge in [-0.05, 0) is 50.4 Å². The minimum atomic E-state index is 0.471. The highest BCUT2D eigenvalue weighted by molar-refractivity contribution is 5.27. The molecule has 0 fully saturated rings. The topological polar surface area (TPSA) is 50.9 Å². The number of nitrogens with two attached hydrogens (primary N) is 1. The first-order valence-corrected chi connectivity index (χ1v) is 5.79. The quantitative estimate of drug-likeness (QED) is 0.714. The molecule has 1 aromatic heterocycles. The van der Waals surface area contributed by atoms with E-state index in [1.807, 2.05) is 12.3 Å². The van der Waals surface area contributed by atoms with Crippen LogP contribution in [0, 0.1) is 0 Å². The number of pyridine rings is 1. The molecule has 0 saturated carbocycles. The third-order valence-electron chi connectivity index (χ3n) is 2.98. The zero-order chi connectivity index (χ0) is 10.5. The van der Waals surface area contributed by atoms with Crippen molar-refractivity contribution in [2.75, 3.05) is 13.1 Å². The van der Waals surface area contributed by atoms with Gasteiger partial charge in [-0.3, -0.25) is 4.98 Å². The van der Waals surface area contributed by atoms with Crippen LogP contribution in [0.4, 0.5) is 0 Å². The molecule has 15 heavy (non-hydrogen) atoms. The molecule has 0 spiro atoms. The maximum absolute atomic E-state index is 5.46. The molecular weight excluding hydrogens is 186 g/mol. The molecule has 1 aliphatic carbocycles. The van der Waals surface area contributed by atoms with Gasteiger partial charge in [0.1, 0.15) is 0 Å². The lowest BCUT2D eigenvalue weighted by Gasteiger charge is -2.12. The minimum Gasteiger partial charge on any atom is -0.330 e. The van der Waals surface area contributed by atoms with Crippen molar-refractivity contribution in [3.05, 3.63) is 29.6 Å². The zero-order valence-electron chi connectivity index (χ0n) is 9.08. The van der Waals surface area contributed by atoms with Gasteiger partial charge < -0.3 is 11.1 Å². The van der Waals surface area contributed by atoms with E-state index in [4.69, 9.17) is 5.73 Å². The van der Waals surface area contributed by atoms with Crippen LogP contribution in [0.25, 0.3) is 0 Å². The Balaban J connectivity index is 1.85. The Morgan fingerprint density at radius 3 is 3.27 bits per heavy atom. The number of hydrogen-bond donors (Lipinski definition) is 2. The normalized spacial score (nSPS) is 19.1. The molecule has 1 unspecified atom stereocenters. The average Bonchev–Trinajstić information content (AvgIpc) is 2.68. The van der Waals surface area contributed by atoms with Crippen molar-refractivity contribution in [3.8, 4) is 0 Å². The molecule has 2 rings (SSSR count). The van der Waals surface area contributed by atoms with Gasteiger partial charge in [0.25, 0.3) is 0 Å². The summed E-state index contributed by atoms with van der Waals surface area (Å²) in [6.07, 6.45) is 6.51. The van der Waals surface area contributed by atoms with Crippen molar-refractivity contribution in [1.29, 1.82) is 0 Å². The van der Waals surface area contributed by atoms with E-state index in [0.29, 0.717) is 6.04 Å². The Kier molecular flexibility index (Phi) is 3.69. The van der Waals surface area contributed by atoms with Crippen LogP contribution in [0.15, 0.2) is 18.3 Å². The van der Waals surface area contributed by atoms with Crippen LogP contribution in [0.5, 0.6) is 0 Å². The lowest BCUT2D eigenvalue weighted by molar-refractivity contribution is 0.506. The summed E-state index contributed by atoms with van der Waals surface area (Å²) in [6, 6.07) is 4.68. The Hall–Kier alpha value is -0.930. The van der Waals surface area contributed by atoms with Crippen LogP contribution in [-0.2, 0) is 6.42 Å². The zero-order valence-corrected chi connectivity index (χ0v) is 9.08. The molecule has 3 nitrogen and oxygen atoms in total. The van der Waals surface area contributed by atoms with Crippen LogP contribution in [0.2, 0.25) is 0 Å². The highest BCUT2D eigenvalue weighted by Crippen LogP contribution is 2.28. The van der Waals surface area contributed by atoms with Crippen LogP contribution in [-0.4, -0.2) is 18.1 Å². The Morgan fingerprint density at radius 2 is 2.40 bits per heavy atom. The molecule has 1 atom stereocenters. The number of aryl methyl sites for hydroxylation is 1. The van der Waals surface area contributed by atoms with Crippen molar-refractivity contribution in [2.24, 2.45) is 5.73 Å². The maximum atomic E-state index is 5.46.